The number of aromatic nitrogens is 6. The molecule has 1 N–H and O–H groups in total. The van der Waals surface area contributed by atoms with Crippen LogP contribution in [0.5, 0.6) is 0 Å². The topological polar surface area (TPSA) is 72.9 Å². The van der Waals surface area contributed by atoms with Gasteiger partial charge in [0.05, 0.1) is 18.1 Å². The molecule has 26 heavy (non-hydrogen) atoms. The molecule has 0 fully saturated rings. The van der Waals surface area contributed by atoms with Crippen LogP contribution in [0.15, 0.2) is 30.7 Å². The van der Waals surface area contributed by atoms with Gasteiger partial charge in [-0.15, -0.1) is 0 Å². The van der Waals surface area contributed by atoms with E-state index in [1.807, 2.05) is 26.2 Å². The molecule has 4 aromatic rings. The molecule has 4 rings (SSSR count). The molecule has 0 aromatic carbocycles. The Bertz CT molecular complexity index is 1020. The van der Waals surface area contributed by atoms with E-state index in [1.54, 1.807) is 27.7 Å². The molecule has 0 aliphatic heterocycles. The zero-order valence-electron chi connectivity index (χ0n) is 15.1. The van der Waals surface area contributed by atoms with Crippen LogP contribution in [0, 0.1) is 6.92 Å². The van der Waals surface area contributed by atoms with Gasteiger partial charge in [0.25, 0.3) is 0 Å². The highest BCUT2D eigenvalue weighted by atomic mass is 35.5. The average molecular weight is 390 g/mol. The first-order valence-corrected chi connectivity index (χ1v) is 9.40. The highest BCUT2D eigenvalue weighted by Gasteiger charge is 2.14. The maximum absolute atomic E-state index is 6.19. The lowest BCUT2D eigenvalue weighted by atomic mass is 10.2. The Kier molecular flexibility index (Phi) is 5.53. The number of nitrogens with zero attached hydrogens (tertiary/aromatic N) is 6. The van der Waals surface area contributed by atoms with Gasteiger partial charge in [0.15, 0.2) is 5.65 Å². The van der Waals surface area contributed by atoms with Crippen molar-refractivity contribution >= 4 is 39.6 Å². The van der Waals surface area contributed by atoms with Crippen LogP contribution in [0.1, 0.15) is 26.0 Å². The summed E-state index contributed by atoms with van der Waals surface area (Å²) in [6.07, 6.45) is 6.71. The summed E-state index contributed by atoms with van der Waals surface area (Å²) in [7, 11) is 1.87. The molecule has 4 heterocycles. The van der Waals surface area contributed by atoms with Gasteiger partial charge in [0, 0.05) is 30.4 Å². The molecular formula is C17H20ClN7S. The second kappa shape index (κ2) is 7.84. The number of hydrogen-bond acceptors (Lipinski definition) is 6. The van der Waals surface area contributed by atoms with Crippen LogP contribution in [0.2, 0.25) is 5.15 Å². The van der Waals surface area contributed by atoms with Crippen molar-refractivity contribution in [2.24, 2.45) is 7.05 Å². The minimum absolute atomic E-state index is 0.395. The zero-order chi connectivity index (χ0) is 18.7. The number of halogens is 1. The maximum Gasteiger partial charge on any atom is 0.166 e. The number of aryl methyl sites for hydroxylation is 2. The Balaban J connectivity index is 0.000000613. The first-order chi connectivity index (χ1) is 12.5. The fourth-order valence-electron chi connectivity index (χ4n) is 2.33. The number of hydrogen-bond donors (Lipinski definition) is 1. The van der Waals surface area contributed by atoms with E-state index in [0.29, 0.717) is 10.8 Å². The molecular weight excluding hydrogens is 370 g/mol. The molecule has 9 heteroatoms. The van der Waals surface area contributed by atoms with Gasteiger partial charge in [-0.3, -0.25) is 4.68 Å². The highest BCUT2D eigenvalue weighted by molar-refractivity contribution is 7.10. The van der Waals surface area contributed by atoms with E-state index >= 15 is 0 Å². The van der Waals surface area contributed by atoms with Crippen LogP contribution in [0.3, 0.4) is 0 Å². The van der Waals surface area contributed by atoms with Crippen molar-refractivity contribution in [1.82, 2.24) is 28.8 Å². The summed E-state index contributed by atoms with van der Waals surface area (Å²) in [5.41, 5.74) is 3.46. The maximum atomic E-state index is 6.19. The standard InChI is InChI=1S/C14H12ClN7S.C3H8/c1-8-3-13(23-20-8)19-12-4-11(15)18-14-10(6-17-22(12)14)9-5-16-21(2)7-9;1-3-2/h3-7,19H,1-2H3;3H2,1-2H3. The van der Waals surface area contributed by atoms with E-state index in [2.05, 4.69) is 38.7 Å². The average Bonchev–Trinajstić information content (AvgIpc) is 3.28. The molecule has 0 aliphatic carbocycles. The molecule has 0 atom stereocenters. The summed E-state index contributed by atoms with van der Waals surface area (Å²) in [6, 6.07) is 3.71. The van der Waals surface area contributed by atoms with Crippen LogP contribution in [0.4, 0.5) is 10.8 Å². The molecule has 136 valence electrons. The predicted molar refractivity (Wildman–Crippen MR) is 106 cm³/mol. The molecule has 0 spiro atoms. The number of anilines is 2. The van der Waals surface area contributed by atoms with Gasteiger partial charge >= 0.3 is 0 Å². The zero-order valence-corrected chi connectivity index (χ0v) is 16.6. The van der Waals surface area contributed by atoms with E-state index < -0.39 is 0 Å². The molecule has 0 radical (unpaired) electrons. The van der Waals surface area contributed by atoms with Gasteiger partial charge in [-0.2, -0.15) is 19.1 Å². The summed E-state index contributed by atoms with van der Waals surface area (Å²) >= 11 is 7.58. The van der Waals surface area contributed by atoms with Crippen molar-refractivity contribution in [3.63, 3.8) is 0 Å². The minimum Gasteiger partial charge on any atom is -0.330 e. The Morgan fingerprint density at radius 1 is 1.19 bits per heavy atom. The molecule has 0 saturated heterocycles. The Hall–Kier alpha value is -2.45. The summed E-state index contributed by atoms with van der Waals surface area (Å²) in [5, 5.41) is 13.2. The van der Waals surface area contributed by atoms with Gasteiger partial charge < -0.3 is 5.32 Å². The molecule has 0 saturated carbocycles. The lowest BCUT2D eigenvalue weighted by Crippen LogP contribution is -2.00. The van der Waals surface area contributed by atoms with Gasteiger partial charge in [0.2, 0.25) is 0 Å². The number of nitrogens with one attached hydrogen (secondary N) is 1. The third-order valence-corrected chi connectivity index (χ3v) is 4.33. The first-order valence-electron chi connectivity index (χ1n) is 8.25. The van der Waals surface area contributed by atoms with Crippen LogP contribution in [0.25, 0.3) is 16.8 Å². The predicted octanol–water partition coefficient (Wildman–Crippen LogP) is 4.71. The first kappa shape index (κ1) is 18.3. The van der Waals surface area contributed by atoms with E-state index in [0.717, 1.165) is 27.6 Å². The Labute approximate surface area is 160 Å². The third-order valence-electron chi connectivity index (χ3n) is 3.34. The summed E-state index contributed by atoms with van der Waals surface area (Å²) in [4.78, 5) is 4.41. The van der Waals surface area contributed by atoms with Crippen LogP contribution in [-0.4, -0.2) is 28.8 Å². The minimum atomic E-state index is 0.395. The van der Waals surface area contributed by atoms with Gasteiger partial charge in [-0.1, -0.05) is 31.9 Å². The van der Waals surface area contributed by atoms with Crippen molar-refractivity contribution in [2.45, 2.75) is 27.2 Å². The smallest absolute Gasteiger partial charge is 0.166 e. The second-order valence-corrected chi connectivity index (χ2v) is 7.02. The summed E-state index contributed by atoms with van der Waals surface area (Å²) in [6.45, 7) is 6.20. The van der Waals surface area contributed by atoms with Gasteiger partial charge in [-0.25, -0.2) is 4.98 Å². The fourth-order valence-corrected chi connectivity index (χ4v) is 3.19. The van der Waals surface area contributed by atoms with Crippen LogP contribution >= 0.6 is 23.1 Å². The Morgan fingerprint density at radius 2 is 1.96 bits per heavy atom. The van der Waals surface area contributed by atoms with Crippen molar-refractivity contribution in [1.29, 1.82) is 0 Å². The third kappa shape index (κ3) is 3.86. The van der Waals surface area contributed by atoms with E-state index in [-0.39, 0.29) is 0 Å². The fraction of sp³-hybridized carbons (Fsp3) is 0.294. The van der Waals surface area contributed by atoms with Crippen molar-refractivity contribution in [3.05, 3.63) is 41.6 Å². The van der Waals surface area contributed by atoms with Gasteiger partial charge in [-0.05, 0) is 24.5 Å². The summed E-state index contributed by atoms with van der Waals surface area (Å²) < 4.78 is 7.72. The highest BCUT2D eigenvalue weighted by Crippen LogP contribution is 2.28. The van der Waals surface area contributed by atoms with Crippen LogP contribution < -0.4 is 5.32 Å². The molecule has 0 bridgehead atoms. The lowest BCUT2D eigenvalue weighted by molar-refractivity contribution is 0.768. The molecule has 0 unspecified atom stereocenters. The van der Waals surface area contributed by atoms with E-state index in [9.17, 15) is 0 Å². The van der Waals surface area contributed by atoms with E-state index in [1.165, 1.54) is 18.0 Å². The van der Waals surface area contributed by atoms with Crippen LogP contribution in [-0.2, 0) is 7.05 Å². The van der Waals surface area contributed by atoms with Crippen molar-refractivity contribution in [2.75, 3.05) is 5.32 Å². The number of rotatable bonds is 3. The molecule has 4 aromatic heterocycles. The van der Waals surface area contributed by atoms with Crippen molar-refractivity contribution in [3.8, 4) is 11.1 Å². The normalized spacial score (nSPS) is 10.7. The molecule has 0 aliphatic rings. The monoisotopic (exact) mass is 389 g/mol. The quantitative estimate of drug-likeness (QED) is 0.514. The van der Waals surface area contributed by atoms with Gasteiger partial charge in [0.1, 0.15) is 16.0 Å². The van der Waals surface area contributed by atoms with E-state index in [4.69, 9.17) is 11.6 Å². The lowest BCUT2D eigenvalue weighted by Gasteiger charge is -2.06. The second-order valence-electron chi connectivity index (χ2n) is 5.83. The van der Waals surface area contributed by atoms with Crippen molar-refractivity contribution < 1.29 is 0 Å². The molecule has 7 nitrogen and oxygen atoms in total. The summed E-state index contributed by atoms with van der Waals surface area (Å²) in [5.74, 6) is 0.735. The number of fused-ring (bicyclic) bond motifs is 1. The molecule has 0 amide bonds. The largest absolute Gasteiger partial charge is 0.330 e. The Morgan fingerprint density at radius 3 is 2.58 bits per heavy atom. The SMILES string of the molecule is CCC.Cc1cc(Nc2cc(Cl)nc3c(-c4cnn(C)c4)cnn23)sn1.